The molecule has 0 N–H and O–H groups in total. The normalized spacial score (nSPS) is 14.1. The highest BCUT2D eigenvalue weighted by Gasteiger charge is 2.37. The third-order valence-corrected chi connectivity index (χ3v) is 3.87. The molecule has 0 aliphatic rings. The van der Waals surface area contributed by atoms with Gasteiger partial charge in [0.25, 0.3) is 0 Å². The molecule has 1 aromatic carbocycles. The lowest BCUT2D eigenvalue weighted by Gasteiger charge is -2.20. The van der Waals surface area contributed by atoms with Gasteiger partial charge in [-0.3, -0.25) is 0 Å². The van der Waals surface area contributed by atoms with Crippen molar-refractivity contribution in [3.63, 3.8) is 0 Å². The van der Waals surface area contributed by atoms with E-state index in [0.29, 0.717) is 19.3 Å². The molecule has 0 aliphatic carbocycles. The predicted octanol–water partition coefficient (Wildman–Crippen LogP) is 7.19. The van der Waals surface area contributed by atoms with Gasteiger partial charge in [-0.2, -0.15) is 26.3 Å². The van der Waals surface area contributed by atoms with Gasteiger partial charge in [-0.1, -0.05) is 39.5 Å². The summed E-state index contributed by atoms with van der Waals surface area (Å²) in [5.41, 5.74) is -2.30. The first kappa shape index (κ1) is 19.8. The standard InChI is InChI=1S/C17H22F6/c1-3-5-6-8-12(7-4-2)13-9-14(16(18,19)20)11-15(10-13)17(21,22)23/h9-12H,3-8H2,1-2H3. The van der Waals surface area contributed by atoms with Crippen LogP contribution in [0.3, 0.4) is 0 Å². The van der Waals surface area contributed by atoms with Crippen LogP contribution in [0.5, 0.6) is 0 Å². The fourth-order valence-corrected chi connectivity index (χ4v) is 2.68. The summed E-state index contributed by atoms with van der Waals surface area (Å²) in [6.07, 6.45) is -4.97. The van der Waals surface area contributed by atoms with Crippen molar-refractivity contribution in [2.75, 3.05) is 0 Å². The maximum atomic E-state index is 12.9. The van der Waals surface area contributed by atoms with Crippen LogP contribution in [-0.4, -0.2) is 0 Å². The van der Waals surface area contributed by atoms with Crippen molar-refractivity contribution in [3.8, 4) is 0 Å². The highest BCUT2D eigenvalue weighted by Crippen LogP contribution is 2.39. The maximum Gasteiger partial charge on any atom is 0.416 e. The molecule has 0 bridgehead atoms. The van der Waals surface area contributed by atoms with Gasteiger partial charge in [-0.05, 0) is 42.5 Å². The Morgan fingerprint density at radius 1 is 0.739 bits per heavy atom. The van der Waals surface area contributed by atoms with E-state index in [1.54, 1.807) is 0 Å². The van der Waals surface area contributed by atoms with Gasteiger partial charge in [-0.25, -0.2) is 0 Å². The topological polar surface area (TPSA) is 0 Å². The summed E-state index contributed by atoms with van der Waals surface area (Å²) in [5, 5.41) is 0. The second-order valence-electron chi connectivity index (χ2n) is 5.82. The number of halogens is 6. The summed E-state index contributed by atoms with van der Waals surface area (Å²) in [4.78, 5) is 0. The Balaban J connectivity index is 3.24. The highest BCUT2D eigenvalue weighted by atomic mass is 19.4. The monoisotopic (exact) mass is 340 g/mol. The zero-order valence-corrected chi connectivity index (χ0v) is 13.3. The third kappa shape index (κ3) is 6.07. The van der Waals surface area contributed by atoms with Crippen molar-refractivity contribution in [1.29, 1.82) is 0 Å². The highest BCUT2D eigenvalue weighted by molar-refractivity contribution is 5.35. The number of hydrogen-bond acceptors (Lipinski definition) is 0. The minimum atomic E-state index is -4.78. The molecule has 1 aromatic rings. The van der Waals surface area contributed by atoms with Gasteiger partial charge in [0.2, 0.25) is 0 Å². The molecule has 0 nitrogen and oxygen atoms in total. The largest absolute Gasteiger partial charge is 0.416 e. The van der Waals surface area contributed by atoms with Crippen LogP contribution < -0.4 is 0 Å². The Kier molecular flexibility index (Phi) is 6.96. The molecule has 0 fully saturated rings. The SMILES string of the molecule is CCCCCC(CCC)c1cc(C(F)(F)F)cc(C(F)(F)F)c1. The van der Waals surface area contributed by atoms with Gasteiger partial charge in [0.15, 0.2) is 0 Å². The second-order valence-corrected chi connectivity index (χ2v) is 5.82. The Bertz CT molecular complexity index is 455. The van der Waals surface area contributed by atoms with Crippen LogP contribution in [0.1, 0.15) is 75.0 Å². The molecule has 132 valence electrons. The molecule has 23 heavy (non-hydrogen) atoms. The molecule has 0 radical (unpaired) electrons. The lowest BCUT2D eigenvalue weighted by molar-refractivity contribution is -0.143. The fourth-order valence-electron chi connectivity index (χ4n) is 2.68. The van der Waals surface area contributed by atoms with Crippen molar-refractivity contribution < 1.29 is 26.3 Å². The third-order valence-electron chi connectivity index (χ3n) is 3.87. The number of rotatable bonds is 7. The van der Waals surface area contributed by atoms with Crippen molar-refractivity contribution in [3.05, 3.63) is 34.9 Å². The summed E-state index contributed by atoms with van der Waals surface area (Å²) in [6, 6.07) is 1.95. The molecule has 1 unspecified atom stereocenters. The summed E-state index contributed by atoms with van der Waals surface area (Å²) >= 11 is 0. The van der Waals surface area contributed by atoms with Gasteiger partial charge in [-0.15, -0.1) is 0 Å². The quantitative estimate of drug-likeness (QED) is 0.364. The number of hydrogen-bond donors (Lipinski definition) is 0. The van der Waals surface area contributed by atoms with Gasteiger partial charge in [0.05, 0.1) is 11.1 Å². The molecular weight excluding hydrogens is 318 g/mol. The molecule has 1 atom stereocenters. The molecule has 0 saturated heterocycles. The van der Waals surface area contributed by atoms with Gasteiger partial charge in [0.1, 0.15) is 0 Å². The zero-order valence-electron chi connectivity index (χ0n) is 13.3. The molecule has 1 rings (SSSR count). The molecule has 0 aromatic heterocycles. The lowest BCUT2D eigenvalue weighted by Crippen LogP contribution is -2.13. The van der Waals surface area contributed by atoms with E-state index < -0.39 is 23.5 Å². The van der Waals surface area contributed by atoms with E-state index in [1.165, 1.54) is 0 Å². The van der Waals surface area contributed by atoms with Crippen molar-refractivity contribution in [2.24, 2.45) is 0 Å². The summed E-state index contributed by atoms with van der Waals surface area (Å²) in [5.74, 6) is -0.269. The fraction of sp³-hybridized carbons (Fsp3) is 0.647. The molecule has 0 aliphatic heterocycles. The van der Waals surface area contributed by atoms with E-state index in [4.69, 9.17) is 0 Å². The van der Waals surface area contributed by atoms with Crippen molar-refractivity contribution in [1.82, 2.24) is 0 Å². The first-order valence-corrected chi connectivity index (χ1v) is 7.89. The van der Waals surface area contributed by atoms with E-state index in [1.807, 2.05) is 13.8 Å². The zero-order chi connectivity index (χ0) is 17.7. The smallest absolute Gasteiger partial charge is 0.166 e. The molecule has 6 heteroatoms. The van der Waals surface area contributed by atoms with E-state index in [9.17, 15) is 26.3 Å². The number of benzene rings is 1. The predicted molar refractivity (Wildman–Crippen MR) is 78.2 cm³/mol. The van der Waals surface area contributed by atoms with Crippen LogP contribution in [0.2, 0.25) is 0 Å². The van der Waals surface area contributed by atoms with Crippen LogP contribution in [0.25, 0.3) is 0 Å². The van der Waals surface area contributed by atoms with Crippen molar-refractivity contribution in [2.45, 2.75) is 70.6 Å². The van der Waals surface area contributed by atoms with E-state index in [0.717, 1.165) is 31.4 Å². The lowest BCUT2D eigenvalue weighted by atomic mass is 9.87. The van der Waals surface area contributed by atoms with Crippen LogP contribution in [-0.2, 0) is 12.4 Å². The first-order valence-electron chi connectivity index (χ1n) is 7.89. The van der Waals surface area contributed by atoms with Crippen molar-refractivity contribution >= 4 is 0 Å². The molecule has 0 spiro atoms. The van der Waals surface area contributed by atoms with Gasteiger partial charge < -0.3 is 0 Å². The summed E-state index contributed by atoms with van der Waals surface area (Å²) in [7, 11) is 0. The first-order chi connectivity index (χ1) is 10.6. The van der Waals surface area contributed by atoms with Crippen LogP contribution >= 0.6 is 0 Å². The van der Waals surface area contributed by atoms with Gasteiger partial charge >= 0.3 is 12.4 Å². The van der Waals surface area contributed by atoms with Gasteiger partial charge in [0, 0.05) is 0 Å². The van der Waals surface area contributed by atoms with E-state index >= 15 is 0 Å². The second kappa shape index (κ2) is 8.06. The Morgan fingerprint density at radius 3 is 1.65 bits per heavy atom. The number of alkyl halides is 6. The minimum Gasteiger partial charge on any atom is -0.166 e. The summed E-state index contributed by atoms with van der Waals surface area (Å²) < 4.78 is 77.5. The van der Waals surface area contributed by atoms with Crippen LogP contribution in [0.15, 0.2) is 18.2 Å². The minimum absolute atomic E-state index is 0.144. The average Bonchev–Trinajstić information content (AvgIpc) is 2.44. The molecule has 0 saturated carbocycles. The maximum absolute atomic E-state index is 12.9. The van der Waals surface area contributed by atoms with Crippen LogP contribution in [0.4, 0.5) is 26.3 Å². The molecule has 0 amide bonds. The number of unbranched alkanes of at least 4 members (excludes halogenated alkanes) is 2. The molecular formula is C17H22F6. The Hall–Kier alpha value is -1.20. The Morgan fingerprint density at radius 2 is 1.26 bits per heavy atom. The average molecular weight is 340 g/mol. The summed E-state index contributed by atoms with van der Waals surface area (Å²) in [6.45, 7) is 3.88. The van der Waals surface area contributed by atoms with E-state index in [2.05, 4.69) is 0 Å². The molecule has 0 heterocycles. The van der Waals surface area contributed by atoms with Crippen LogP contribution in [0, 0.1) is 0 Å². The Labute approximate surface area is 132 Å². The van der Waals surface area contributed by atoms with E-state index in [-0.39, 0.29) is 17.5 Å².